The Labute approximate surface area is 110 Å². The summed E-state index contributed by atoms with van der Waals surface area (Å²) < 4.78 is 27.3. The monoisotopic (exact) mass is 270 g/mol. The van der Waals surface area contributed by atoms with Gasteiger partial charge < -0.3 is 5.32 Å². The third-order valence-electron chi connectivity index (χ3n) is 2.99. The molecule has 0 saturated carbocycles. The van der Waals surface area contributed by atoms with Crippen LogP contribution in [0.25, 0.3) is 0 Å². The van der Waals surface area contributed by atoms with Crippen molar-refractivity contribution in [2.45, 2.75) is 45.1 Å². The Balaban J connectivity index is 3.25. The number of hydrogen-bond donors (Lipinski definition) is 2. The fourth-order valence-corrected chi connectivity index (χ4v) is 3.71. The molecule has 0 saturated heterocycles. The van der Waals surface area contributed by atoms with Crippen molar-refractivity contribution in [3.05, 3.63) is 23.3 Å². The van der Waals surface area contributed by atoms with Gasteiger partial charge in [-0.05, 0) is 50.5 Å². The second-order valence-electron chi connectivity index (χ2n) is 4.62. The average molecular weight is 270 g/mol. The zero-order chi connectivity index (χ0) is 13.9. The molecule has 0 heterocycles. The second-order valence-corrected chi connectivity index (χ2v) is 6.27. The molecule has 0 aliphatic heterocycles. The molecule has 0 aliphatic rings. The molecule has 0 aliphatic carbocycles. The highest BCUT2D eigenvalue weighted by molar-refractivity contribution is 7.89. The Bertz CT molecular complexity index is 501. The SMILES string of the molecule is CCC(C)NS(=O)(=O)c1c(C)cc(NC)cc1C. The normalized spacial score (nSPS) is 13.4. The van der Waals surface area contributed by atoms with E-state index in [0.717, 1.165) is 23.2 Å². The van der Waals surface area contributed by atoms with Crippen molar-refractivity contribution in [1.29, 1.82) is 0 Å². The highest BCUT2D eigenvalue weighted by Crippen LogP contribution is 2.24. The Morgan fingerprint density at radius 1 is 1.22 bits per heavy atom. The fourth-order valence-electron chi connectivity index (χ4n) is 1.93. The Morgan fingerprint density at radius 2 is 1.72 bits per heavy atom. The lowest BCUT2D eigenvalue weighted by Crippen LogP contribution is -2.32. The molecule has 0 bridgehead atoms. The molecule has 1 rings (SSSR count). The van der Waals surface area contributed by atoms with Crippen LogP contribution < -0.4 is 10.0 Å². The summed E-state index contributed by atoms with van der Waals surface area (Å²) in [6, 6.07) is 3.63. The minimum absolute atomic E-state index is 0.0576. The fraction of sp³-hybridized carbons (Fsp3) is 0.538. The maximum absolute atomic E-state index is 12.3. The highest BCUT2D eigenvalue weighted by Gasteiger charge is 2.21. The number of nitrogens with one attached hydrogen (secondary N) is 2. The minimum atomic E-state index is -3.44. The molecule has 0 spiro atoms. The van der Waals surface area contributed by atoms with Crippen molar-refractivity contribution in [2.24, 2.45) is 0 Å². The predicted molar refractivity (Wildman–Crippen MR) is 75.5 cm³/mol. The van der Waals surface area contributed by atoms with E-state index in [1.165, 1.54) is 0 Å². The van der Waals surface area contributed by atoms with Crippen LogP contribution in [0.2, 0.25) is 0 Å². The molecular formula is C13H22N2O2S. The van der Waals surface area contributed by atoms with Crippen molar-refractivity contribution >= 4 is 15.7 Å². The molecule has 1 aromatic carbocycles. The van der Waals surface area contributed by atoms with Crippen molar-refractivity contribution in [2.75, 3.05) is 12.4 Å². The van der Waals surface area contributed by atoms with E-state index in [1.807, 2.05) is 46.9 Å². The van der Waals surface area contributed by atoms with Gasteiger partial charge in [-0.2, -0.15) is 0 Å². The Morgan fingerprint density at radius 3 is 2.11 bits per heavy atom. The molecule has 1 aromatic rings. The van der Waals surface area contributed by atoms with Crippen LogP contribution in [-0.4, -0.2) is 21.5 Å². The number of benzene rings is 1. The number of rotatable bonds is 5. The molecule has 2 N–H and O–H groups in total. The summed E-state index contributed by atoms with van der Waals surface area (Å²) >= 11 is 0. The summed E-state index contributed by atoms with van der Waals surface area (Å²) in [4.78, 5) is 0.391. The van der Waals surface area contributed by atoms with Crippen LogP contribution in [0.5, 0.6) is 0 Å². The average Bonchev–Trinajstić information content (AvgIpc) is 2.26. The van der Waals surface area contributed by atoms with Crippen LogP contribution >= 0.6 is 0 Å². The Kier molecular flexibility index (Phi) is 4.76. The molecular weight excluding hydrogens is 248 g/mol. The highest BCUT2D eigenvalue weighted by atomic mass is 32.2. The van der Waals surface area contributed by atoms with Crippen molar-refractivity contribution in [3.63, 3.8) is 0 Å². The van der Waals surface area contributed by atoms with E-state index in [9.17, 15) is 8.42 Å². The molecule has 0 radical (unpaired) electrons. The lowest BCUT2D eigenvalue weighted by atomic mass is 10.1. The third-order valence-corrected chi connectivity index (χ3v) is 4.88. The summed E-state index contributed by atoms with van der Waals surface area (Å²) in [7, 11) is -1.62. The van der Waals surface area contributed by atoms with Gasteiger partial charge in [0.15, 0.2) is 0 Å². The Hall–Kier alpha value is -1.07. The van der Waals surface area contributed by atoms with Crippen LogP contribution in [0.3, 0.4) is 0 Å². The molecule has 0 fully saturated rings. The largest absolute Gasteiger partial charge is 0.388 e. The maximum Gasteiger partial charge on any atom is 0.241 e. The molecule has 1 atom stereocenters. The van der Waals surface area contributed by atoms with Gasteiger partial charge in [-0.15, -0.1) is 0 Å². The first kappa shape index (κ1) is 15.0. The number of anilines is 1. The summed E-state index contributed by atoms with van der Waals surface area (Å²) in [6.07, 6.45) is 0.770. The minimum Gasteiger partial charge on any atom is -0.388 e. The van der Waals surface area contributed by atoms with E-state index < -0.39 is 10.0 Å². The van der Waals surface area contributed by atoms with Gasteiger partial charge in [0.1, 0.15) is 0 Å². The molecule has 1 unspecified atom stereocenters. The molecule has 18 heavy (non-hydrogen) atoms. The molecule has 0 amide bonds. The lowest BCUT2D eigenvalue weighted by Gasteiger charge is -2.16. The predicted octanol–water partition coefficient (Wildman–Crippen LogP) is 2.42. The first-order valence-corrected chi connectivity index (χ1v) is 7.61. The number of aryl methyl sites for hydroxylation is 2. The summed E-state index contributed by atoms with van der Waals surface area (Å²) in [6.45, 7) is 7.46. The van der Waals surface area contributed by atoms with Gasteiger partial charge in [0.05, 0.1) is 4.90 Å². The van der Waals surface area contributed by atoms with Gasteiger partial charge in [-0.3, -0.25) is 0 Å². The van der Waals surface area contributed by atoms with Crippen molar-refractivity contribution in [3.8, 4) is 0 Å². The summed E-state index contributed by atoms with van der Waals surface area (Å²) in [5.41, 5.74) is 2.44. The van der Waals surface area contributed by atoms with E-state index in [2.05, 4.69) is 10.0 Å². The summed E-state index contributed by atoms with van der Waals surface area (Å²) in [5.74, 6) is 0. The molecule has 0 aromatic heterocycles. The van der Waals surface area contributed by atoms with E-state index in [0.29, 0.717) is 4.90 Å². The second kappa shape index (κ2) is 5.71. The van der Waals surface area contributed by atoms with Crippen LogP contribution in [0.4, 0.5) is 5.69 Å². The van der Waals surface area contributed by atoms with E-state index in [-0.39, 0.29) is 6.04 Å². The topological polar surface area (TPSA) is 58.2 Å². The van der Waals surface area contributed by atoms with Crippen LogP contribution in [0.1, 0.15) is 31.4 Å². The van der Waals surface area contributed by atoms with E-state index in [4.69, 9.17) is 0 Å². The summed E-state index contributed by atoms with van der Waals surface area (Å²) in [5, 5.41) is 3.02. The van der Waals surface area contributed by atoms with Crippen molar-refractivity contribution < 1.29 is 8.42 Å². The zero-order valence-corrected chi connectivity index (χ0v) is 12.5. The van der Waals surface area contributed by atoms with E-state index in [1.54, 1.807) is 0 Å². The third kappa shape index (κ3) is 3.23. The van der Waals surface area contributed by atoms with Gasteiger partial charge >= 0.3 is 0 Å². The smallest absolute Gasteiger partial charge is 0.241 e. The van der Waals surface area contributed by atoms with Gasteiger partial charge in [-0.25, -0.2) is 13.1 Å². The maximum atomic E-state index is 12.3. The van der Waals surface area contributed by atoms with Crippen LogP contribution in [0.15, 0.2) is 17.0 Å². The molecule has 102 valence electrons. The first-order valence-electron chi connectivity index (χ1n) is 6.13. The zero-order valence-electron chi connectivity index (χ0n) is 11.7. The van der Waals surface area contributed by atoms with Gasteiger partial charge in [0.2, 0.25) is 10.0 Å². The van der Waals surface area contributed by atoms with Gasteiger partial charge in [-0.1, -0.05) is 6.92 Å². The lowest BCUT2D eigenvalue weighted by molar-refractivity contribution is 0.555. The van der Waals surface area contributed by atoms with Crippen molar-refractivity contribution in [1.82, 2.24) is 4.72 Å². The number of hydrogen-bond acceptors (Lipinski definition) is 3. The quantitative estimate of drug-likeness (QED) is 0.864. The standard InChI is InChI=1S/C13H22N2O2S/c1-6-11(4)15-18(16,17)13-9(2)7-12(14-5)8-10(13)3/h7-8,11,14-15H,6H2,1-5H3. The first-order chi connectivity index (χ1) is 8.31. The van der Waals surface area contributed by atoms with Gasteiger partial charge in [0.25, 0.3) is 0 Å². The molecule has 5 heteroatoms. The number of sulfonamides is 1. The molecule has 4 nitrogen and oxygen atoms in total. The van der Waals surface area contributed by atoms with E-state index >= 15 is 0 Å². The van der Waals surface area contributed by atoms with Crippen LogP contribution in [0, 0.1) is 13.8 Å². The van der Waals surface area contributed by atoms with Crippen LogP contribution in [-0.2, 0) is 10.0 Å². The van der Waals surface area contributed by atoms with Gasteiger partial charge in [0, 0.05) is 18.8 Å².